The molecule has 0 bridgehead atoms. The Hall–Kier alpha value is -1.61. The number of hydrogen-bond acceptors (Lipinski definition) is 5. The summed E-state index contributed by atoms with van der Waals surface area (Å²) < 4.78 is 32.2. The predicted molar refractivity (Wildman–Crippen MR) is 106 cm³/mol. The minimum absolute atomic E-state index is 0.0837. The number of aryl methyl sites for hydroxylation is 2. The van der Waals surface area contributed by atoms with E-state index in [1.54, 1.807) is 13.0 Å². The van der Waals surface area contributed by atoms with Crippen LogP contribution in [0.1, 0.15) is 29.9 Å². The third kappa shape index (κ3) is 4.20. The van der Waals surface area contributed by atoms with Gasteiger partial charge in [-0.25, -0.2) is 8.42 Å². The van der Waals surface area contributed by atoms with Crippen molar-refractivity contribution in [1.82, 2.24) is 14.8 Å². The van der Waals surface area contributed by atoms with Crippen molar-refractivity contribution >= 4 is 39.1 Å². The largest absolute Gasteiger partial charge is 0.361 e. The Kier molecular flexibility index (Phi) is 6.34. The molecule has 0 spiro atoms. The third-order valence-corrected chi connectivity index (χ3v) is 7.82. The fourth-order valence-corrected chi connectivity index (χ4v) is 5.85. The van der Waals surface area contributed by atoms with Crippen LogP contribution in [0.4, 0.5) is 0 Å². The number of halogens is 2. The number of rotatable bonds is 5. The van der Waals surface area contributed by atoms with Crippen LogP contribution in [-0.4, -0.2) is 36.9 Å². The molecule has 1 amide bonds. The lowest BCUT2D eigenvalue weighted by molar-refractivity contribution is -0.126. The van der Waals surface area contributed by atoms with Crippen molar-refractivity contribution < 1.29 is 17.7 Å². The van der Waals surface area contributed by atoms with Crippen molar-refractivity contribution in [2.24, 2.45) is 5.92 Å². The molecule has 1 fully saturated rings. The van der Waals surface area contributed by atoms with Gasteiger partial charge >= 0.3 is 0 Å². The summed E-state index contributed by atoms with van der Waals surface area (Å²) in [5, 5.41) is 6.94. The molecule has 0 aliphatic carbocycles. The quantitative estimate of drug-likeness (QED) is 0.761. The van der Waals surface area contributed by atoms with Crippen molar-refractivity contribution in [1.29, 1.82) is 0 Å². The maximum absolute atomic E-state index is 12.9. The molecular formula is C18H21Cl2N3O4S. The summed E-state index contributed by atoms with van der Waals surface area (Å²) in [7, 11) is -3.81. The lowest BCUT2D eigenvalue weighted by Gasteiger charge is -2.31. The van der Waals surface area contributed by atoms with Crippen LogP contribution in [0.25, 0.3) is 0 Å². The zero-order valence-corrected chi connectivity index (χ0v) is 17.9. The second-order valence-corrected chi connectivity index (χ2v) is 9.44. The fraction of sp³-hybridized carbons (Fsp3) is 0.444. The topological polar surface area (TPSA) is 92.5 Å². The van der Waals surface area contributed by atoms with E-state index in [-0.39, 0.29) is 39.9 Å². The molecule has 1 aromatic heterocycles. The van der Waals surface area contributed by atoms with Gasteiger partial charge in [0.15, 0.2) is 0 Å². The molecule has 1 aromatic carbocycles. The molecule has 152 valence electrons. The van der Waals surface area contributed by atoms with Gasteiger partial charge in [-0.3, -0.25) is 4.79 Å². The van der Waals surface area contributed by atoms with E-state index >= 15 is 0 Å². The maximum Gasteiger partial charge on any atom is 0.246 e. The van der Waals surface area contributed by atoms with Crippen LogP contribution in [-0.2, 0) is 21.4 Å². The van der Waals surface area contributed by atoms with E-state index in [0.717, 1.165) is 11.3 Å². The first-order chi connectivity index (χ1) is 13.2. The summed E-state index contributed by atoms with van der Waals surface area (Å²) >= 11 is 12.1. The molecule has 0 atom stereocenters. The molecule has 2 aromatic rings. The predicted octanol–water partition coefficient (Wildman–Crippen LogP) is 3.32. The number of amides is 1. The zero-order chi connectivity index (χ0) is 20.5. The molecule has 0 saturated carbocycles. The minimum atomic E-state index is -3.81. The number of nitrogens with zero attached hydrogens (tertiary/aromatic N) is 2. The lowest BCUT2D eigenvalue weighted by atomic mass is 9.97. The summed E-state index contributed by atoms with van der Waals surface area (Å²) in [4.78, 5) is 12.4. The number of benzene rings is 1. The highest BCUT2D eigenvalue weighted by Gasteiger charge is 2.34. The highest BCUT2D eigenvalue weighted by Crippen LogP contribution is 2.33. The number of sulfonamides is 1. The van der Waals surface area contributed by atoms with Crippen molar-refractivity contribution in [2.45, 2.75) is 38.1 Å². The van der Waals surface area contributed by atoms with Gasteiger partial charge in [-0.1, -0.05) is 34.4 Å². The van der Waals surface area contributed by atoms with Crippen LogP contribution in [0.5, 0.6) is 0 Å². The molecule has 1 aliphatic heterocycles. The van der Waals surface area contributed by atoms with E-state index < -0.39 is 10.0 Å². The number of carbonyl (C=O) groups excluding carboxylic acids is 1. The first kappa shape index (κ1) is 21.1. The number of piperidine rings is 1. The maximum atomic E-state index is 12.9. The molecule has 28 heavy (non-hydrogen) atoms. The van der Waals surface area contributed by atoms with Gasteiger partial charge in [-0.2, -0.15) is 4.31 Å². The van der Waals surface area contributed by atoms with Gasteiger partial charge in [0.2, 0.25) is 15.9 Å². The Labute approximate surface area is 174 Å². The molecule has 10 heteroatoms. The summed E-state index contributed by atoms with van der Waals surface area (Å²) in [5.74, 6) is 0.316. The molecule has 1 N–H and O–H groups in total. The highest BCUT2D eigenvalue weighted by molar-refractivity contribution is 7.89. The Bertz CT molecular complexity index is 943. The molecule has 0 unspecified atom stereocenters. The standard InChI is InChI=1S/C18H21Cl2N3O4S/c1-11-14(12(2)27-22-11)10-21-18(24)13-6-8-23(9-7-13)28(25,26)17-15(19)4-3-5-16(17)20/h3-5,13H,6-10H2,1-2H3,(H,21,24). The summed E-state index contributed by atoms with van der Waals surface area (Å²) in [6.07, 6.45) is 0.851. The monoisotopic (exact) mass is 445 g/mol. The normalized spacial score (nSPS) is 16.3. The van der Waals surface area contributed by atoms with Crippen LogP contribution in [0.2, 0.25) is 10.0 Å². The fourth-order valence-electron chi connectivity index (χ4n) is 3.29. The van der Waals surface area contributed by atoms with Gasteiger partial charge < -0.3 is 9.84 Å². The van der Waals surface area contributed by atoms with Crippen LogP contribution in [0, 0.1) is 19.8 Å². The third-order valence-electron chi connectivity index (χ3n) is 4.96. The van der Waals surface area contributed by atoms with Crippen molar-refractivity contribution in [3.8, 4) is 0 Å². The number of hydrogen-bond donors (Lipinski definition) is 1. The van der Waals surface area contributed by atoms with Crippen molar-refractivity contribution in [3.63, 3.8) is 0 Å². The van der Waals surface area contributed by atoms with E-state index in [2.05, 4.69) is 10.5 Å². The number of aromatic nitrogens is 1. The molecule has 0 radical (unpaired) electrons. The molecule has 3 rings (SSSR count). The first-order valence-corrected chi connectivity index (χ1v) is 11.0. The van der Waals surface area contributed by atoms with E-state index in [1.807, 2.05) is 6.92 Å². The average Bonchev–Trinajstić information content (AvgIpc) is 2.97. The molecule has 7 nitrogen and oxygen atoms in total. The molecular weight excluding hydrogens is 425 g/mol. The van der Waals surface area contributed by atoms with Crippen LogP contribution in [0.3, 0.4) is 0 Å². The van der Waals surface area contributed by atoms with E-state index in [0.29, 0.717) is 25.1 Å². The molecule has 1 aliphatic rings. The molecule has 1 saturated heterocycles. The minimum Gasteiger partial charge on any atom is -0.361 e. The van der Waals surface area contributed by atoms with Gasteiger partial charge in [0.05, 0.1) is 15.7 Å². The van der Waals surface area contributed by atoms with Gasteiger partial charge in [-0.05, 0) is 38.8 Å². The average molecular weight is 446 g/mol. The van der Waals surface area contributed by atoms with E-state index in [9.17, 15) is 13.2 Å². The van der Waals surface area contributed by atoms with Crippen LogP contribution >= 0.6 is 23.2 Å². The highest BCUT2D eigenvalue weighted by atomic mass is 35.5. The zero-order valence-electron chi connectivity index (χ0n) is 15.5. The van der Waals surface area contributed by atoms with Gasteiger partial charge in [0, 0.05) is 31.1 Å². The van der Waals surface area contributed by atoms with Crippen LogP contribution in [0.15, 0.2) is 27.6 Å². The lowest BCUT2D eigenvalue weighted by Crippen LogP contribution is -2.43. The Morgan fingerprint density at radius 2 is 1.86 bits per heavy atom. The number of nitrogens with one attached hydrogen (secondary N) is 1. The second kappa shape index (κ2) is 8.41. The van der Waals surface area contributed by atoms with Crippen molar-refractivity contribution in [2.75, 3.05) is 13.1 Å². The van der Waals surface area contributed by atoms with Crippen LogP contribution < -0.4 is 5.32 Å². The summed E-state index contributed by atoms with van der Waals surface area (Å²) in [5.41, 5.74) is 1.61. The van der Waals surface area contributed by atoms with E-state index in [4.69, 9.17) is 27.7 Å². The SMILES string of the molecule is Cc1noc(C)c1CNC(=O)C1CCN(S(=O)(=O)c2c(Cl)cccc2Cl)CC1. The van der Waals surface area contributed by atoms with Gasteiger partial charge in [0.1, 0.15) is 10.7 Å². The first-order valence-electron chi connectivity index (χ1n) is 8.85. The molecule has 2 heterocycles. The summed E-state index contributed by atoms with van der Waals surface area (Å²) in [6, 6.07) is 4.59. The van der Waals surface area contributed by atoms with Gasteiger partial charge in [0.25, 0.3) is 0 Å². The van der Waals surface area contributed by atoms with Crippen molar-refractivity contribution in [3.05, 3.63) is 45.3 Å². The Morgan fingerprint density at radius 1 is 1.25 bits per heavy atom. The Balaban J connectivity index is 1.62. The number of carbonyl (C=O) groups is 1. The second-order valence-electron chi connectivity index (χ2n) is 6.75. The van der Waals surface area contributed by atoms with Gasteiger partial charge in [-0.15, -0.1) is 0 Å². The smallest absolute Gasteiger partial charge is 0.246 e. The summed E-state index contributed by atoms with van der Waals surface area (Å²) in [6.45, 7) is 4.42. The van der Waals surface area contributed by atoms with E-state index in [1.165, 1.54) is 16.4 Å². The Morgan fingerprint density at radius 3 is 2.39 bits per heavy atom.